The number of quaternary nitrogens is 1. The molecule has 1 amide bonds. The summed E-state index contributed by atoms with van der Waals surface area (Å²) in [7, 11) is -0.482. The van der Waals surface area contributed by atoms with Gasteiger partial charge < -0.3 is 10.2 Å². The number of carbonyl (C=O) groups excluding carboxylic acids is 1. The molecule has 23 heavy (non-hydrogen) atoms. The summed E-state index contributed by atoms with van der Waals surface area (Å²) < 4.78 is 25.1. The lowest BCUT2D eigenvalue weighted by molar-refractivity contribution is -0.887. The maximum absolute atomic E-state index is 12.1. The van der Waals surface area contributed by atoms with Crippen molar-refractivity contribution in [1.82, 2.24) is 9.62 Å². The van der Waals surface area contributed by atoms with Crippen LogP contribution in [0.1, 0.15) is 29.6 Å². The van der Waals surface area contributed by atoms with E-state index >= 15 is 0 Å². The van der Waals surface area contributed by atoms with Crippen molar-refractivity contribution in [2.24, 2.45) is 0 Å². The van der Waals surface area contributed by atoms with Crippen molar-refractivity contribution in [3.8, 4) is 0 Å². The van der Waals surface area contributed by atoms with Crippen molar-refractivity contribution in [3.05, 3.63) is 29.8 Å². The smallest absolute Gasteiger partial charge is 0.251 e. The number of benzene rings is 1. The Balaban J connectivity index is 1.83. The first-order chi connectivity index (χ1) is 10.9. The van der Waals surface area contributed by atoms with Gasteiger partial charge in [0.25, 0.3) is 5.91 Å². The Labute approximate surface area is 138 Å². The van der Waals surface area contributed by atoms with E-state index < -0.39 is 10.0 Å². The molecule has 0 radical (unpaired) electrons. The van der Waals surface area contributed by atoms with Gasteiger partial charge in [-0.05, 0) is 24.3 Å². The second-order valence-corrected chi connectivity index (χ2v) is 8.28. The van der Waals surface area contributed by atoms with Crippen LogP contribution in [0, 0.1) is 0 Å². The highest BCUT2D eigenvalue weighted by Gasteiger charge is 2.18. The molecule has 1 aliphatic rings. The highest BCUT2D eigenvalue weighted by molar-refractivity contribution is 7.89. The van der Waals surface area contributed by atoms with Crippen LogP contribution in [0.25, 0.3) is 0 Å². The van der Waals surface area contributed by atoms with Gasteiger partial charge in [0.2, 0.25) is 10.0 Å². The molecule has 1 heterocycles. The van der Waals surface area contributed by atoms with E-state index in [1.54, 1.807) is 17.0 Å². The largest absolute Gasteiger partial charge is 0.352 e. The molecule has 0 aromatic heterocycles. The maximum Gasteiger partial charge on any atom is 0.251 e. The minimum Gasteiger partial charge on any atom is -0.352 e. The lowest BCUT2D eigenvalue weighted by Crippen LogP contribution is -3.10. The topological polar surface area (TPSA) is 70.9 Å². The van der Waals surface area contributed by atoms with Crippen LogP contribution in [0.5, 0.6) is 0 Å². The molecule has 0 atom stereocenters. The molecule has 128 valence electrons. The summed E-state index contributed by atoms with van der Waals surface area (Å²) >= 11 is 0. The van der Waals surface area contributed by atoms with Crippen LogP contribution < -0.4 is 10.2 Å². The van der Waals surface area contributed by atoms with Gasteiger partial charge in [0, 0.05) is 45.5 Å². The Morgan fingerprint density at radius 1 is 1.17 bits per heavy atom. The number of hydrogen-bond acceptors (Lipinski definition) is 3. The Bertz CT molecular complexity index is 620. The van der Waals surface area contributed by atoms with Crippen molar-refractivity contribution in [2.45, 2.75) is 24.2 Å². The lowest BCUT2D eigenvalue weighted by atomic mass is 10.2. The summed E-state index contributed by atoms with van der Waals surface area (Å²) in [6, 6.07) is 6.05. The van der Waals surface area contributed by atoms with E-state index in [-0.39, 0.29) is 10.8 Å². The third kappa shape index (κ3) is 4.76. The fraction of sp³-hybridized carbons (Fsp3) is 0.562. The van der Waals surface area contributed by atoms with E-state index in [1.807, 2.05) is 0 Å². The normalized spacial score (nSPS) is 16.0. The lowest BCUT2D eigenvalue weighted by Gasteiger charge is -2.13. The van der Waals surface area contributed by atoms with E-state index in [0.717, 1.165) is 17.3 Å². The van der Waals surface area contributed by atoms with Gasteiger partial charge in [-0.1, -0.05) is 0 Å². The zero-order valence-electron chi connectivity index (χ0n) is 13.8. The number of likely N-dealkylation sites (tertiary alicyclic amines) is 1. The molecule has 1 saturated heterocycles. The number of nitrogens with zero attached hydrogens (tertiary/aromatic N) is 1. The predicted molar refractivity (Wildman–Crippen MR) is 89.1 cm³/mol. The Kier molecular flexibility index (Phi) is 6.15. The summed E-state index contributed by atoms with van der Waals surface area (Å²) in [6.45, 7) is 4.24. The zero-order valence-corrected chi connectivity index (χ0v) is 14.7. The summed E-state index contributed by atoms with van der Waals surface area (Å²) in [5.74, 6) is -0.157. The van der Waals surface area contributed by atoms with Crippen LogP contribution in [0.4, 0.5) is 0 Å². The van der Waals surface area contributed by atoms with Gasteiger partial charge in [0.15, 0.2) is 0 Å². The van der Waals surface area contributed by atoms with Gasteiger partial charge in [-0.15, -0.1) is 0 Å². The van der Waals surface area contributed by atoms with Crippen LogP contribution in [0.2, 0.25) is 0 Å². The fourth-order valence-electron chi connectivity index (χ4n) is 2.76. The SMILES string of the molecule is CN(C)S(=O)(=O)c1ccc(C(=O)NCCC[NH+]2CCCC2)cc1. The van der Waals surface area contributed by atoms with Crippen molar-refractivity contribution in [3.63, 3.8) is 0 Å². The summed E-state index contributed by atoms with van der Waals surface area (Å²) in [5.41, 5.74) is 0.483. The molecule has 0 bridgehead atoms. The number of amides is 1. The van der Waals surface area contributed by atoms with E-state index in [0.29, 0.717) is 12.1 Å². The molecule has 0 spiro atoms. The first-order valence-electron chi connectivity index (χ1n) is 8.05. The molecule has 1 aromatic rings. The molecule has 0 unspecified atom stereocenters. The highest BCUT2D eigenvalue weighted by atomic mass is 32.2. The van der Waals surface area contributed by atoms with Gasteiger partial charge >= 0.3 is 0 Å². The van der Waals surface area contributed by atoms with E-state index in [4.69, 9.17) is 0 Å². The molecule has 1 fully saturated rings. The molecule has 6 nitrogen and oxygen atoms in total. The number of carbonyl (C=O) groups is 1. The number of rotatable bonds is 7. The summed E-state index contributed by atoms with van der Waals surface area (Å²) in [5, 5.41) is 2.89. The van der Waals surface area contributed by atoms with Crippen LogP contribution in [0.3, 0.4) is 0 Å². The third-order valence-electron chi connectivity index (χ3n) is 4.20. The molecular weight excluding hydrogens is 314 g/mol. The Morgan fingerprint density at radius 2 is 1.78 bits per heavy atom. The maximum atomic E-state index is 12.1. The second-order valence-electron chi connectivity index (χ2n) is 6.13. The van der Waals surface area contributed by atoms with Crippen molar-refractivity contribution in [2.75, 3.05) is 40.3 Å². The molecule has 7 heteroatoms. The first-order valence-corrected chi connectivity index (χ1v) is 9.49. The monoisotopic (exact) mass is 340 g/mol. The number of sulfonamides is 1. The molecule has 2 rings (SSSR count). The number of hydrogen-bond donors (Lipinski definition) is 2. The Hall–Kier alpha value is -1.44. The summed E-state index contributed by atoms with van der Waals surface area (Å²) in [6.07, 6.45) is 3.59. The fourth-order valence-corrected chi connectivity index (χ4v) is 3.66. The third-order valence-corrected chi connectivity index (χ3v) is 6.03. The second kappa shape index (κ2) is 7.90. The average molecular weight is 340 g/mol. The van der Waals surface area contributed by atoms with Gasteiger partial charge in [0.1, 0.15) is 0 Å². The van der Waals surface area contributed by atoms with E-state index in [2.05, 4.69) is 5.32 Å². The highest BCUT2D eigenvalue weighted by Crippen LogP contribution is 2.13. The quantitative estimate of drug-likeness (QED) is 0.672. The Morgan fingerprint density at radius 3 is 2.35 bits per heavy atom. The molecule has 0 saturated carbocycles. The molecule has 1 aromatic carbocycles. The molecule has 1 aliphatic heterocycles. The van der Waals surface area contributed by atoms with Crippen molar-refractivity contribution >= 4 is 15.9 Å². The van der Waals surface area contributed by atoms with Crippen LogP contribution >= 0.6 is 0 Å². The minimum atomic E-state index is -3.45. The standard InChI is InChI=1S/C16H25N3O3S/c1-18(2)23(21,22)15-8-6-14(7-9-15)16(20)17-10-5-13-19-11-3-4-12-19/h6-9H,3-5,10-13H2,1-2H3,(H,17,20)/p+1. The first kappa shape index (κ1) is 17.9. The van der Waals surface area contributed by atoms with Gasteiger partial charge in [-0.2, -0.15) is 0 Å². The van der Waals surface area contributed by atoms with Crippen LogP contribution in [0.15, 0.2) is 29.2 Å². The van der Waals surface area contributed by atoms with Crippen LogP contribution in [-0.4, -0.2) is 58.9 Å². The van der Waals surface area contributed by atoms with E-state index in [1.165, 1.54) is 52.2 Å². The average Bonchev–Trinajstić information content (AvgIpc) is 3.04. The number of nitrogens with one attached hydrogen (secondary N) is 2. The van der Waals surface area contributed by atoms with Crippen LogP contribution in [-0.2, 0) is 10.0 Å². The van der Waals surface area contributed by atoms with Crippen molar-refractivity contribution in [1.29, 1.82) is 0 Å². The van der Waals surface area contributed by atoms with Gasteiger partial charge in [0.05, 0.1) is 24.5 Å². The molecule has 0 aliphatic carbocycles. The predicted octanol–water partition coefficient (Wildman–Crippen LogP) is -0.264. The molecule has 2 N–H and O–H groups in total. The minimum absolute atomic E-state index is 0.157. The van der Waals surface area contributed by atoms with Gasteiger partial charge in [-0.3, -0.25) is 4.79 Å². The zero-order chi connectivity index (χ0) is 16.9. The summed E-state index contributed by atoms with van der Waals surface area (Å²) in [4.78, 5) is 13.9. The van der Waals surface area contributed by atoms with Gasteiger partial charge in [-0.25, -0.2) is 12.7 Å². The van der Waals surface area contributed by atoms with Crippen molar-refractivity contribution < 1.29 is 18.1 Å². The van der Waals surface area contributed by atoms with E-state index in [9.17, 15) is 13.2 Å². The molecular formula is C16H26N3O3S+.